The SMILES string of the molecule is C1=CCN(c2ncnc3c2cnn3C2CCNCC2)C1. The quantitative estimate of drug-likeness (QED) is 0.829. The molecule has 20 heavy (non-hydrogen) atoms. The summed E-state index contributed by atoms with van der Waals surface area (Å²) in [6, 6.07) is 0.452. The molecular formula is C14H18N6. The summed E-state index contributed by atoms with van der Waals surface area (Å²) in [5.41, 5.74) is 0.966. The number of hydrogen-bond acceptors (Lipinski definition) is 5. The van der Waals surface area contributed by atoms with E-state index in [9.17, 15) is 0 Å². The summed E-state index contributed by atoms with van der Waals surface area (Å²) < 4.78 is 2.09. The number of aromatic nitrogens is 4. The van der Waals surface area contributed by atoms with Crippen LogP contribution in [-0.4, -0.2) is 45.9 Å². The Bertz CT molecular complexity index is 632. The molecule has 6 heteroatoms. The van der Waals surface area contributed by atoms with E-state index in [0.717, 1.165) is 55.9 Å². The van der Waals surface area contributed by atoms with Gasteiger partial charge in [-0.25, -0.2) is 14.6 Å². The van der Waals surface area contributed by atoms with Crippen LogP contribution in [0.1, 0.15) is 18.9 Å². The lowest BCUT2D eigenvalue weighted by Gasteiger charge is -2.23. The number of nitrogens with zero attached hydrogens (tertiary/aromatic N) is 5. The lowest BCUT2D eigenvalue weighted by Crippen LogP contribution is -2.30. The van der Waals surface area contributed by atoms with Crippen molar-refractivity contribution in [1.82, 2.24) is 25.1 Å². The number of fused-ring (bicyclic) bond motifs is 1. The summed E-state index contributed by atoms with van der Waals surface area (Å²) in [7, 11) is 0. The van der Waals surface area contributed by atoms with Gasteiger partial charge in [0.25, 0.3) is 0 Å². The molecule has 1 saturated heterocycles. The first-order valence-corrected chi connectivity index (χ1v) is 7.22. The fourth-order valence-electron chi connectivity index (χ4n) is 3.07. The number of nitrogens with one attached hydrogen (secondary N) is 1. The maximum absolute atomic E-state index is 4.59. The smallest absolute Gasteiger partial charge is 0.163 e. The third kappa shape index (κ3) is 1.87. The Kier molecular flexibility index (Phi) is 2.88. The van der Waals surface area contributed by atoms with Crippen LogP contribution >= 0.6 is 0 Å². The van der Waals surface area contributed by atoms with Gasteiger partial charge in [-0.3, -0.25) is 0 Å². The highest BCUT2D eigenvalue weighted by molar-refractivity contribution is 5.87. The van der Waals surface area contributed by atoms with E-state index in [2.05, 4.69) is 42.1 Å². The maximum atomic E-state index is 4.59. The zero-order valence-electron chi connectivity index (χ0n) is 11.4. The summed E-state index contributed by atoms with van der Waals surface area (Å²) in [6.45, 7) is 3.95. The van der Waals surface area contributed by atoms with Gasteiger partial charge in [0, 0.05) is 13.1 Å². The first-order chi connectivity index (χ1) is 9.93. The van der Waals surface area contributed by atoms with Gasteiger partial charge in [-0.1, -0.05) is 12.2 Å². The molecule has 0 bridgehead atoms. The molecule has 0 amide bonds. The molecule has 2 aliphatic rings. The monoisotopic (exact) mass is 270 g/mol. The minimum absolute atomic E-state index is 0.452. The fourth-order valence-corrected chi connectivity index (χ4v) is 3.07. The number of anilines is 1. The average Bonchev–Trinajstić information content (AvgIpc) is 3.17. The molecule has 2 aromatic heterocycles. The van der Waals surface area contributed by atoms with Gasteiger partial charge in [-0.15, -0.1) is 0 Å². The van der Waals surface area contributed by atoms with E-state index in [1.807, 2.05) is 6.20 Å². The lowest BCUT2D eigenvalue weighted by atomic mass is 10.1. The highest BCUT2D eigenvalue weighted by Gasteiger charge is 2.21. The molecule has 2 aliphatic heterocycles. The largest absolute Gasteiger partial charge is 0.348 e. The Hall–Kier alpha value is -1.95. The second-order valence-electron chi connectivity index (χ2n) is 5.38. The van der Waals surface area contributed by atoms with Crippen LogP contribution in [0, 0.1) is 0 Å². The van der Waals surface area contributed by atoms with E-state index < -0.39 is 0 Å². The highest BCUT2D eigenvalue weighted by atomic mass is 15.3. The molecule has 1 fully saturated rings. The zero-order chi connectivity index (χ0) is 13.4. The second kappa shape index (κ2) is 4.86. The molecule has 4 heterocycles. The molecule has 4 rings (SSSR count). The van der Waals surface area contributed by atoms with Crippen LogP contribution in [0.4, 0.5) is 5.82 Å². The Morgan fingerprint density at radius 3 is 2.70 bits per heavy atom. The van der Waals surface area contributed by atoms with Gasteiger partial charge < -0.3 is 10.2 Å². The van der Waals surface area contributed by atoms with Crippen LogP contribution < -0.4 is 10.2 Å². The van der Waals surface area contributed by atoms with E-state index in [1.165, 1.54) is 0 Å². The second-order valence-corrected chi connectivity index (χ2v) is 5.38. The van der Waals surface area contributed by atoms with Gasteiger partial charge in [0.2, 0.25) is 0 Å². The van der Waals surface area contributed by atoms with Crippen molar-refractivity contribution in [3.8, 4) is 0 Å². The van der Waals surface area contributed by atoms with Crippen molar-refractivity contribution in [2.24, 2.45) is 0 Å². The summed E-state index contributed by atoms with van der Waals surface area (Å²) in [5, 5.41) is 9.05. The van der Waals surface area contributed by atoms with Gasteiger partial charge in [-0.2, -0.15) is 5.10 Å². The molecule has 0 spiro atoms. The molecule has 0 aliphatic carbocycles. The number of rotatable bonds is 2. The van der Waals surface area contributed by atoms with Crippen LogP contribution in [-0.2, 0) is 0 Å². The maximum Gasteiger partial charge on any atom is 0.163 e. The minimum atomic E-state index is 0.452. The van der Waals surface area contributed by atoms with Crippen LogP contribution in [0.5, 0.6) is 0 Å². The van der Waals surface area contributed by atoms with Crippen molar-refractivity contribution >= 4 is 16.9 Å². The van der Waals surface area contributed by atoms with Crippen molar-refractivity contribution in [2.45, 2.75) is 18.9 Å². The van der Waals surface area contributed by atoms with Crippen LogP contribution in [0.3, 0.4) is 0 Å². The number of piperidine rings is 1. The lowest BCUT2D eigenvalue weighted by molar-refractivity contribution is 0.349. The van der Waals surface area contributed by atoms with Gasteiger partial charge in [0.1, 0.15) is 12.1 Å². The fraction of sp³-hybridized carbons (Fsp3) is 0.500. The van der Waals surface area contributed by atoms with Crippen molar-refractivity contribution in [2.75, 3.05) is 31.1 Å². The Balaban J connectivity index is 1.75. The normalized spacial score (nSPS) is 20.1. The molecular weight excluding hydrogens is 252 g/mol. The Morgan fingerprint density at radius 1 is 1.10 bits per heavy atom. The van der Waals surface area contributed by atoms with Gasteiger partial charge in [0.05, 0.1) is 17.6 Å². The Labute approximate surface area is 117 Å². The van der Waals surface area contributed by atoms with E-state index in [-0.39, 0.29) is 0 Å². The molecule has 0 radical (unpaired) electrons. The van der Waals surface area contributed by atoms with E-state index in [1.54, 1.807) is 6.33 Å². The van der Waals surface area contributed by atoms with Crippen molar-refractivity contribution in [1.29, 1.82) is 0 Å². The van der Waals surface area contributed by atoms with Crippen molar-refractivity contribution in [3.05, 3.63) is 24.7 Å². The van der Waals surface area contributed by atoms with Crippen LogP contribution in [0.2, 0.25) is 0 Å². The van der Waals surface area contributed by atoms with E-state index in [0.29, 0.717) is 6.04 Å². The first kappa shape index (κ1) is 11.8. The standard InChI is InChI=1S/C14H18N6/c1-2-8-19(7-1)13-12-9-18-20(14(12)17-10-16-13)11-3-5-15-6-4-11/h1-2,9-11,15H,3-8H2. The number of hydrogen-bond donors (Lipinski definition) is 1. The van der Waals surface area contributed by atoms with Gasteiger partial charge in [0.15, 0.2) is 5.65 Å². The van der Waals surface area contributed by atoms with E-state index in [4.69, 9.17) is 0 Å². The molecule has 6 nitrogen and oxygen atoms in total. The molecule has 0 saturated carbocycles. The molecule has 0 aromatic carbocycles. The molecule has 2 aromatic rings. The van der Waals surface area contributed by atoms with Crippen LogP contribution in [0.15, 0.2) is 24.7 Å². The zero-order valence-corrected chi connectivity index (χ0v) is 11.4. The molecule has 0 atom stereocenters. The van der Waals surface area contributed by atoms with E-state index >= 15 is 0 Å². The Morgan fingerprint density at radius 2 is 1.90 bits per heavy atom. The summed E-state index contributed by atoms with van der Waals surface area (Å²) >= 11 is 0. The van der Waals surface area contributed by atoms with Crippen molar-refractivity contribution < 1.29 is 0 Å². The summed E-state index contributed by atoms with van der Waals surface area (Å²) in [5.74, 6) is 1.00. The van der Waals surface area contributed by atoms with Crippen LogP contribution in [0.25, 0.3) is 11.0 Å². The van der Waals surface area contributed by atoms with Crippen molar-refractivity contribution in [3.63, 3.8) is 0 Å². The third-order valence-electron chi connectivity index (χ3n) is 4.14. The predicted octanol–water partition coefficient (Wildman–Crippen LogP) is 1.13. The third-order valence-corrected chi connectivity index (χ3v) is 4.14. The summed E-state index contributed by atoms with van der Waals surface area (Å²) in [6.07, 6.45) is 10.2. The molecule has 1 N–H and O–H groups in total. The minimum Gasteiger partial charge on any atom is -0.348 e. The molecule has 0 unspecified atom stereocenters. The van der Waals surface area contributed by atoms with Gasteiger partial charge >= 0.3 is 0 Å². The predicted molar refractivity (Wildman–Crippen MR) is 77.8 cm³/mol. The highest BCUT2D eigenvalue weighted by Crippen LogP contribution is 2.27. The van der Waals surface area contributed by atoms with Gasteiger partial charge in [-0.05, 0) is 25.9 Å². The average molecular weight is 270 g/mol. The first-order valence-electron chi connectivity index (χ1n) is 7.22. The summed E-state index contributed by atoms with van der Waals surface area (Å²) in [4.78, 5) is 11.2. The molecule has 104 valence electrons. The topological polar surface area (TPSA) is 58.9 Å².